The number of nitrogens with zero attached hydrogens (tertiary/aromatic N) is 1. The van der Waals surface area contributed by atoms with E-state index in [1.165, 1.54) is 19.3 Å². The van der Waals surface area contributed by atoms with Crippen molar-refractivity contribution >= 4 is 17.2 Å². The molecule has 0 fully saturated rings. The summed E-state index contributed by atoms with van der Waals surface area (Å²) in [6, 6.07) is 6.18. The zero-order chi connectivity index (χ0) is 14.4. The third-order valence-electron chi connectivity index (χ3n) is 3.37. The van der Waals surface area contributed by atoms with Gasteiger partial charge in [0.1, 0.15) is 0 Å². The number of anilines is 2. The van der Waals surface area contributed by atoms with Crippen LogP contribution in [-0.2, 0) is 0 Å². The summed E-state index contributed by atoms with van der Waals surface area (Å²) in [6.07, 6.45) is 3.62. The smallest absolute Gasteiger partial charge is 0.161 e. The highest BCUT2D eigenvalue weighted by molar-refractivity contribution is 6.00. The van der Waals surface area contributed by atoms with Crippen LogP contribution < -0.4 is 10.6 Å². The molecule has 0 radical (unpaired) electrons. The van der Waals surface area contributed by atoms with Crippen LogP contribution in [0.4, 0.5) is 11.4 Å². The second kappa shape index (κ2) is 7.17. The number of hydrogen-bond donors (Lipinski definition) is 1. The fraction of sp³-hybridized carbons (Fsp3) is 0.562. The van der Waals surface area contributed by atoms with Crippen molar-refractivity contribution in [2.45, 2.75) is 53.0 Å². The Morgan fingerprint density at radius 3 is 2.53 bits per heavy atom. The van der Waals surface area contributed by atoms with Gasteiger partial charge >= 0.3 is 0 Å². The number of nitrogens with two attached hydrogens (primary N) is 1. The van der Waals surface area contributed by atoms with Crippen molar-refractivity contribution in [2.75, 3.05) is 17.2 Å². The quantitative estimate of drug-likeness (QED) is 0.461. The van der Waals surface area contributed by atoms with E-state index in [4.69, 9.17) is 5.73 Å². The standard InChI is InChI=1S/C16H26N2O/c1-5-6-7-10-18(12(2)3)14-8-9-16(17)15(11-14)13(4)19/h8-9,11-12H,5-7,10,17H2,1-4H3. The predicted octanol–water partition coefficient (Wildman–Crippen LogP) is 3.88. The number of nitrogen functional groups attached to an aromatic ring is 1. The molecule has 2 N–H and O–H groups in total. The minimum atomic E-state index is 0.0246. The zero-order valence-corrected chi connectivity index (χ0v) is 12.6. The summed E-state index contributed by atoms with van der Waals surface area (Å²) in [5.41, 5.74) is 8.12. The molecule has 3 nitrogen and oxygen atoms in total. The molecule has 1 rings (SSSR count). The molecule has 0 bridgehead atoms. The minimum Gasteiger partial charge on any atom is -0.398 e. The lowest BCUT2D eigenvalue weighted by molar-refractivity contribution is 0.101. The zero-order valence-electron chi connectivity index (χ0n) is 12.6. The van der Waals surface area contributed by atoms with Crippen LogP contribution >= 0.6 is 0 Å². The minimum absolute atomic E-state index is 0.0246. The number of ketones is 1. The van der Waals surface area contributed by atoms with E-state index in [1.807, 2.05) is 18.2 Å². The molecule has 0 aliphatic rings. The van der Waals surface area contributed by atoms with Crippen LogP contribution in [0.15, 0.2) is 18.2 Å². The summed E-state index contributed by atoms with van der Waals surface area (Å²) in [7, 11) is 0. The number of Topliss-reactive ketones (excluding diaryl/α,β-unsaturated/α-hetero) is 1. The van der Waals surface area contributed by atoms with Gasteiger partial charge in [0.25, 0.3) is 0 Å². The van der Waals surface area contributed by atoms with E-state index in [0.29, 0.717) is 17.3 Å². The van der Waals surface area contributed by atoms with Crippen LogP contribution in [0.1, 0.15) is 57.3 Å². The van der Waals surface area contributed by atoms with Crippen LogP contribution in [0.5, 0.6) is 0 Å². The molecule has 0 atom stereocenters. The molecule has 0 amide bonds. The van der Waals surface area contributed by atoms with Gasteiger partial charge in [-0.25, -0.2) is 0 Å². The van der Waals surface area contributed by atoms with E-state index >= 15 is 0 Å². The van der Waals surface area contributed by atoms with E-state index in [-0.39, 0.29) is 5.78 Å². The number of carbonyl (C=O) groups excluding carboxylic acids is 1. The molecular weight excluding hydrogens is 236 g/mol. The van der Waals surface area contributed by atoms with Gasteiger partial charge in [-0.3, -0.25) is 4.79 Å². The lowest BCUT2D eigenvalue weighted by Crippen LogP contribution is -2.31. The van der Waals surface area contributed by atoms with Crippen molar-refractivity contribution in [3.63, 3.8) is 0 Å². The van der Waals surface area contributed by atoms with Crippen LogP contribution in [0.3, 0.4) is 0 Å². The Balaban J connectivity index is 2.96. The van der Waals surface area contributed by atoms with E-state index in [1.54, 1.807) is 6.92 Å². The number of carbonyl (C=O) groups is 1. The molecule has 0 aliphatic carbocycles. The molecule has 0 spiro atoms. The molecule has 1 aromatic carbocycles. The van der Waals surface area contributed by atoms with Crippen LogP contribution in [0.2, 0.25) is 0 Å². The first-order valence-electron chi connectivity index (χ1n) is 7.14. The predicted molar refractivity (Wildman–Crippen MR) is 82.9 cm³/mol. The summed E-state index contributed by atoms with van der Waals surface area (Å²) in [6.45, 7) is 9.14. The van der Waals surface area contributed by atoms with Gasteiger partial charge in [-0.2, -0.15) is 0 Å². The van der Waals surface area contributed by atoms with Gasteiger partial charge < -0.3 is 10.6 Å². The Morgan fingerprint density at radius 1 is 1.32 bits per heavy atom. The number of unbranched alkanes of at least 4 members (excludes halogenated alkanes) is 2. The Labute approximate surface area is 116 Å². The summed E-state index contributed by atoms with van der Waals surface area (Å²) in [5, 5.41) is 0. The Hall–Kier alpha value is -1.51. The monoisotopic (exact) mass is 262 g/mol. The fourth-order valence-electron chi connectivity index (χ4n) is 2.25. The maximum Gasteiger partial charge on any atom is 0.161 e. The van der Waals surface area contributed by atoms with E-state index in [2.05, 4.69) is 25.7 Å². The molecule has 0 unspecified atom stereocenters. The molecule has 0 aliphatic heterocycles. The van der Waals surface area contributed by atoms with E-state index in [0.717, 1.165) is 12.2 Å². The van der Waals surface area contributed by atoms with Crippen molar-refractivity contribution in [1.29, 1.82) is 0 Å². The third-order valence-corrected chi connectivity index (χ3v) is 3.37. The highest BCUT2D eigenvalue weighted by Gasteiger charge is 2.13. The third kappa shape index (κ3) is 4.27. The Kier molecular flexibility index (Phi) is 5.87. The maximum atomic E-state index is 11.6. The van der Waals surface area contributed by atoms with E-state index in [9.17, 15) is 4.79 Å². The van der Waals surface area contributed by atoms with Crippen molar-refractivity contribution in [1.82, 2.24) is 0 Å². The topological polar surface area (TPSA) is 46.3 Å². The van der Waals surface area contributed by atoms with Gasteiger partial charge in [0.2, 0.25) is 0 Å². The van der Waals surface area contributed by atoms with Crippen LogP contribution in [0, 0.1) is 0 Å². The number of rotatable bonds is 7. The van der Waals surface area contributed by atoms with Crippen LogP contribution in [-0.4, -0.2) is 18.4 Å². The van der Waals surface area contributed by atoms with Gasteiger partial charge in [0.05, 0.1) is 0 Å². The van der Waals surface area contributed by atoms with E-state index < -0.39 is 0 Å². The Morgan fingerprint density at radius 2 is 2.00 bits per heavy atom. The molecule has 0 heterocycles. The van der Waals surface area contributed by atoms with Gasteiger partial charge in [-0.15, -0.1) is 0 Å². The summed E-state index contributed by atoms with van der Waals surface area (Å²) < 4.78 is 0. The second-order valence-corrected chi connectivity index (χ2v) is 5.32. The summed E-state index contributed by atoms with van der Waals surface area (Å²) >= 11 is 0. The maximum absolute atomic E-state index is 11.6. The SMILES string of the molecule is CCCCCN(c1ccc(N)c(C(C)=O)c1)C(C)C. The lowest BCUT2D eigenvalue weighted by atomic mass is 10.1. The molecule has 19 heavy (non-hydrogen) atoms. The molecule has 1 aromatic rings. The number of benzene rings is 1. The molecule has 106 valence electrons. The second-order valence-electron chi connectivity index (χ2n) is 5.32. The molecule has 0 saturated heterocycles. The van der Waals surface area contributed by atoms with Gasteiger partial charge in [0.15, 0.2) is 5.78 Å². The summed E-state index contributed by atoms with van der Waals surface area (Å²) in [4.78, 5) is 13.9. The number of hydrogen-bond acceptors (Lipinski definition) is 3. The normalized spacial score (nSPS) is 10.8. The van der Waals surface area contributed by atoms with Crippen molar-refractivity contribution in [3.05, 3.63) is 23.8 Å². The molecule has 0 aromatic heterocycles. The summed E-state index contributed by atoms with van der Waals surface area (Å²) in [5.74, 6) is 0.0246. The van der Waals surface area contributed by atoms with Crippen molar-refractivity contribution in [3.8, 4) is 0 Å². The van der Waals surface area contributed by atoms with Crippen LogP contribution in [0.25, 0.3) is 0 Å². The highest BCUT2D eigenvalue weighted by Crippen LogP contribution is 2.24. The molecular formula is C16H26N2O. The average molecular weight is 262 g/mol. The first-order valence-corrected chi connectivity index (χ1v) is 7.14. The van der Waals surface area contributed by atoms with Crippen molar-refractivity contribution in [2.24, 2.45) is 0 Å². The average Bonchev–Trinajstić information content (AvgIpc) is 2.35. The van der Waals surface area contributed by atoms with Gasteiger partial charge in [-0.1, -0.05) is 19.8 Å². The first-order chi connectivity index (χ1) is 8.97. The largest absolute Gasteiger partial charge is 0.398 e. The Bertz CT molecular complexity index is 427. The van der Waals surface area contributed by atoms with Gasteiger partial charge in [-0.05, 0) is 45.4 Å². The lowest BCUT2D eigenvalue weighted by Gasteiger charge is -2.29. The first kappa shape index (κ1) is 15.5. The highest BCUT2D eigenvalue weighted by atomic mass is 16.1. The fourth-order valence-corrected chi connectivity index (χ4v) is 2.25. The molecule has 3 heteroatoms. The van der Waals surface area contributed by atoms with Crippen molar-refractivity contribution < 1.29 is 4.79 Å². The van der Waals surface area contributed by atoms with Gasteiger partial charge in [0, 0.05) is 29.5 Å². The molecule has 0 saturated carbocycles.